The minimum absolute atomic E-state index is 0.0627. The van der Waals surface area contributed by atoms with Gasteiger partial charge in [-0.15, -0.1) is 0 Å². The molecule has 0 aliphatic heterocycles. The van der Waals surface area contributed by atoms with Crippen LogP contribution < -0.4 is 5.32 Å². The molecule has 0 aromatic rings. The maximum atomic E-state index is 12.4. The summed E-state index contributed by atoms with van der Waals surface area (Å²) >= 11 is 0. The van der Waals surface area contributed by atoms with Crippen LogP contribution in [0.15, 0.2) is 36.5 Å². The number of unbranched alkanes of at least 4 members (excludes halogenated alkanes) is 35. The number of aliphatic hydroxyl groups excluding tert-OH is 2. The van der Waals surface area contributed by atoms with Gasteiger partial charge in [0, 0.05) is 6.42 Å². The van der Waals surface area contributed by atoms with Gasteiger partial charge in [0.15, 0.2) is 0 Å². The summed E-state index contributed by atoms with van der Waals surface area (Å²) in [5.74, 6) is -0.0627. The fourth-order valence-corrected chi connectivity index (χ4v) is 7.74. The zero-order valence-corrected chi connectivity index (χ0v) is 37.9. The third kappa shape index (κ3) is 43.7. The molecule has 3 N–H and O–H groups in total. The van der Waals surface area contributed by atoms with Crippen LogP contribution in [0.3, 0.4) is 0 Å². The summed E-state index contributed by atoms with van der Waals surface area (Å²) in [5, 5.41) is 23.0. The van der Waals surface area contributed by atoms with Crippen molar-refractivity contribution < 1.29 is 15.0 Å². The predicted octanol–water partition coefficient (Wildman–Crippen LogP) is 16.1. The van der Waals surface area contributed by atoms with Gasteiger partial charge in [-0.3, -0.25) is 4.79 Å². The molecule has 0 saturated heterocycles. The first kappa shape index (κ1) is 54.6. The summed E-state index contributed by atoms with van der Waals surface area (Å²) in [4.78, 5) is 12.4. The number of carbonyl (C=O) groups excluding carboxylic acids is 1. The monoisotopic (exact) mass is 786 g/mol. The van der Waals surface area contributed by atoms with Crippen molar-refractivity contribution in [1.82, 2.24) is 5.32 Å². The molecule has 4 nitrogen and oxygen atoms in total. The summed E-state index contributed by atoms with van der Waals surface area (Å²) in [5.41, 5.74) is 0. The van der Waals surface area contributed by atoms with Gasteiger partial charge in [-0.25, -0.2) is 0 Å². The zero-order valence-electron chi connectivity index (χ0n) is 37.9. The van der Waals surface area contributed by atoms with Crippen molar-refractivity contribution in [2.45, 2.75) is 283 Å². The lowest BCUT2D eigenvalue weighted by Crippen LogP contribution is -2.45. The minimum Gasteiger partial charge on any atom is -0.394 e. The summed E-state index contributed by atoms with van der Waals surface area (Å²) in [6.07, 6.45) is 64.3. The second-order valence-corrected chi connectivity index (χ2v) is 17.2. The number of hydrogen-bond donors (Lipinski definition) is 3. The van der Waals surface area contributed by atoms with E-state index in [9.17, 15) is 15.0 Å². The van der Waals surface area contributed by atoms with E-state index in [1.165, 1.54) is 218 Å². The highest BCUT2D eigenvalue weighted by Crippen LogP contribution is 2.16. The Morgan fingerprint density at radius 3 is 1.07 bits per heavy atom. The van der Waals surface area contributed by atoms with Gasteiger partial charge in [0.1, 0.15) is 0 Å². The Kier molecular flexibility index (Phi) is 46.8. The first-order valence-electron chi connectivity index (χ1n) is 25.2. The average molecular weight is 786 g/mol. The standard InChI is InChI=1S/C52H99NO3/c1-3-5-7-9-11-13-15-17-18-19-20-21-22-23-24-25-26-27-28-29-30-31-32-33-34-36-38-40-42-44-46-48-52(56)53-50(49-54)51(55)47-45-43-41-39-37-35-16-14-12-10-8-6-4-2/h20-21,23-24,45,47,50-51,54-55H,3-19,22,25-44,46,48-49H2,1-2H3,(H,53,56)/b21-20-,24-23-,47-45+. The third-order valence-corrected chi connectivity index (χ3v) is 11.6. The molecule has 2 unspecified atom stereocenters. The number of rotatable bonds is 46. The highest BCUT2D eigenvalue weighted by molar-refractivity contribution is 5.76. The van der Waals surface area contributed by atoms with Crippen LogP contribution in [0.4, 0.5) is 0 Å². The fourth-order valence-electron chi connectivity index (χ4n) is 7.74. The lowest BCUT2D eigenvalue weighted by molar-refractivity contribution is -0.123. The fraction of sp³-hybridized carbons (Fsp3) is 0.865. The molecule has 0 saturated carbocycles. The van der Waals surface area contributed by atoms with Gasteiger partial charge >= 0.3 is 0 Å². The van der Waals surface area contributed by atoms with Crippen LogP contribution in [0.25, 0.3) is 0 Å². The average Bonchev–Trinajstić information content (AvgIpc) is 3.20. The van der Waals surface area contributed by atoms with E-state index in [-0.39, 0.29) is 12.5 Å². The Morgan fingerprint density at radius 2 is 0.732 bits per heavy atom. The normalized spacial score (nSPS) is 13.1. The number of hydrogen-bond acceptors (Lipinski definition) is 3. The quantitative estimate of drug-likeness (QED) is 0.0425. The van der Waals surface area contributed by atoms with E-state index in [4.69, 9.17) is 0 Å². The molecule has 0 aromatic carbocycles. The molecule has 0 aromatic heterocycles. The highest BCUT2D eigenvalue weighted by atomic mass is 16.3. The molecule has 330 valence electrons. The predicted molar refractivity (Wildman–Crippen MR) is 248 cm³/mol. The Balaban J connectivity index is 3.46. The number of aliphatic hydroxyl groups is 2. The maximum absolute atomic E-state index is 12.4. The van der Waals surface area contributed by atoms with Gasteiger partial charge in [0.05, 0.1) is 18.8 Å². The molecule has 0 aliphatic rings. The van der Waals surface area contributed by atoms with Crippen LogP contribution in [-0.2, 0) is 4.79 Å². The third-order valence-electron chi connectivity index (χ3n) is 11.6. The smallest absolute Gasteiger partial charge is 0.220 e. The second-order valence-electron chi connectivity index (χ2n) is 17.2. The number of allylic oxidation sites excluding steroid dienone is 5. The van der Waals surface area contributed by atoms with E-state index < -0.39 is 12.1 Å². The summed E-state index contributed by atoms with van der Waals surface area (Å²) in [6.45, 7) is 4.32. The van der Waals surface area contributed by atoms with Gasteiger partial charge < -0.3 is 15.5 Å². The van der Waals surface area contributed by atoms with E-state index in [0.29, 0.717) is 6.42 Å². The number of amides is 1. The maximum Gasteiger partial charge on any atom is 0.220 e. The first-order chi connectivity index (χ1) is 27.7. The Labute approximate surface area is 351 Å². The summed E-state index contributed by atoms with van der Waals surface area (Å²) in [7, 11) is 0. The molecular weight excluding hydrogens is 687 g/mol. The molecular formula is C52H99NO3. The van der Waals surface area contributed by atoms with E-state index >= 15 is 0 Å². The Morgan fingerprint density at radius 1 is 0.429 bits per heavy atom. The minimum atomic E-state index is -0.837. The van der Waals surface area contributed by atoms with Crippen LogP contribution in [0.2, 0.25) is 0 Å². The van der Waals surface area contributed by atoms with Gasteiger partial charge in [-0.2, -0.15) is 0 Å². The van der Waals surface area contributed by atoms with Crippen molar-refractivity contribution in [2.75, 3.05) is 6.61 Å². The summed E-state index contributed by atoms with van der Waals surface area (Å²) < 4.78 is 0. The lowest BCUT2D eigenvalue weighted by atomic mass is 10.0. The molecule has 0 rings (SSSR count). The van der Waals surface area contributed by atoms with Crippen molar-refractivity contribution in [3.05, 3.63) is 36.5 Å². The van der Waals surface area contributed by atoms with Crippen molar-refractivity contribution in [3.8, 4) is 0 Å². The van der Waals surface area contributed by atoms with Crippen LogP contribution in [0.5, 0.6) is 0 Å². The lowest BCUT2D eigenvalue weighted by Gasteiger charge is -2.20. The van der Waals surface area contributed by atoms with E-state index in [0.717, 1.165) is 32.1 Å². The Bertz CT molecular complexity index is 851. The van der Waals surface area contributed by atoms with Crippen LogP contribution >= 0.6 is 0 Å². The van der Waals surface area contributed by atoms with Crippen LogP contribution in [0, 0.1) is 0 Å². The first-order valence-corrected chi connectivity index (χ1v) is 25.2. The van der Waals surface area contributed by atoms with Crippen molar-refractivity contribution in [3.63, 3.8) is 0 Å². The molecule has 1 amide bonds. The second kappa shape index (κ2) is 48.0. The summed E-state index contributed by atoms with van der Waals surface area (Å²) in [6, 6.07) is -0.620. The van der Waals surface area contributed by atoms with E-state index in [2.05, 4.69) is 43.5 Å². The SMILES string of the molecule is CCCCCCCCCCC/C=C\C/C=C\CCCCCCCCCCCCCCCCCC(=O)NC(CO)C(O)/C=C/CCCCCCCCCCCCC. The van der Waals surface area contributed by atoms with Crippen molar-refractivity contribution in [2.24, 2.45) is 0 Å². The van der Waals surface area contributed by atoms with E-state index in [1.54, 1.807) is 6.08 Å². The molecule has 0 aliphatic carbocycles. The van der Waals surface area contributed by atoms with Crippen molar-refractivity contribution in [1.29, 1.82) is 0 Å². The zero-order chi connectivity index (χ0) is 40.7. The molecule has 0 fully saturated rings. The Hall–Kier alpha value is -1.39. The van der Waals surface area contributed by atoms with Crippen LogP contribution in [-0.4, -0.2) is 34.9 Å². The molecule has 4 heteroatoms. The van der Waals surface area contributed by atoms with Crippen molar-refractivity contribution >= 4 is 5.91 Å². The molecule has 0 radical (unpaired) electrons. The van der Waals surface area contributed by atoms with Crippen LogP contribution in [0.1, 0.15) is 271 Å². The number of nitrogens with one attached hydrogen (secondary N) is 1. The molecule has 0 spiro atoms. The molecule has 2 atom stereocenters. The molecule has 0 bridgehead atoms. The van der Waals surface area contributed by atoms with Gasteiger partial charge in [-0.1, -0.05) is 249 Å². The van der Waals surface area contributed by atoms with E-state index in [1.807, 2.05) is 6.08 Å². The van der Waals surface area contributed by atoms with Gasteiger partial charge in [0.25, 0.3) is 0 Å². The molecule has 56 heavy (non-hydrogen) atoms. The molecule has 0 heterocycles. The highest BCUT2D eigenvalue weighted by Gasteiger charge is 2.18. The number of carbonyl (C=O) groups is 1. The topological polar surface area (TPSA) is 69.6 Å². The largest absolute Gasteiger partial charge is 0.394 e. The van der Waals surface area contributed by atoms with Gasteiger partial charge in [0.2, 0.25) is 5.91 Å². The van der Waals surface area contributed by atoms with Gasteiger partial charge in [-0.05, 0) is 51.4 Å².